The summed E-state index contributed by atoms with van der Waals surface area (Å²) >= 11 is 0. The van der Waals surface area contributed by atoms with Gasteiger partial charge in [0, 0.05) is 25.7 Å². The molecule has 5 nitrogen and oxygen atoms in total. The molecule has 0 spiro atoms. The number of halogens is 2. The van der Waals surface area contributed by atoms with Gasteiger partial charge >= 0.3 is 0 Å². The van der Waals surface area contributed by atoms with Crippen molar-refractivity contribution in [1.82, 2.24) is 14.5 Å². The number of rotatable bonds is 11. The van der Waals surface area contributed by atoms with E-state index < -0.39 is 10.0 Å². The van der Waals surface area contributed by atoms with Gasteiger partial charge in [-0.15, -0.1) is 24.8 Å². The van der Waals surface area contributed by atoms with E-state index in [1.54, 1.807) is 12.1 Å². The lowest BCUT2D eigenvalue weighted by molar-refractivity contribution is 0.169. The van der Waals surface area contributed by atoms with E-state index in [-0.39, 0.29) is 24.8 Å². The van der Waals surface area contributed by atoms with E-state index in [4.69, 9.17) is 0 Å². The van der Waals surface area contributed by atoms with Crippen LogP contribution < -0.4 is 4.72 Å². The maximum absolute atomic E-state index is 12.6. The molecular weight excluding hydrogens is 465 g/mol. The Hall–Kier alpha value is -0.890. The minimum Gasteiger partial charge on any atom is -0.305 e. The molecule has 3 rings (SSSR count). The van der Waals surface area contributed by atoms with Crippen LogP contribution in [0.4, 0.5) is 0 Å². The highest BCUT2D eigenvalue weighted by atomic mass is 35.5. The molecule has 1 aliphatic rings. The maximum atomic E-state index is 12.6. The summed E-state index contributed by atoms with van der Waals surface area (Å²) in [7, 11) is 0.959. The summed E-state index contributed by atoms with van der Waals surface area (Å²) in [5.41, 5.74) is 0. The monoisotopic (exact) mass is 503 g/mol. The van der Waals surface area contributed by atoms with Gasteiger partial charge in [-0.3, -0.25) is 0 Å². The second-order valence-electron chi connectivity index (χ2n) is 8.69. The summed E-state index contributed by atoms with van der Waals surface area (Å²) in [5, 5.41) is 1.99. The number of nitrogens with one attached hydrogen (secondary N) is 1. The minimum absolute atomic E-state index is 0. The molecule has 32 heavy (non-hydrogen) atoms. The number of nitrogens with zero attached hydrogens (tertiary/aromatic N) is 2. The van der Waals surface area contributed by atoms with Crippen LogP contribution in [0.5, 0.6) is 0 Å². The van der Waals surface area contributed by atoms with Crippen molar-refractivity contribution in [2.24, 2.45) is 0 Å². The molecule has 0 amide bonds. The van der Waals surface area contributed by atoms with Crippen LogP contribution >= 0.6 is 24.8 Å². The zero-order valence-electron chi connectivity index (χ0n) is 19.3. The zero-order valence-corrected chi connectivity index (χ0v) is 21.8. The van der Waals surface area contributed by atoms with E-state index >= 15 is 0 Å². The molecular formula is C24H39Cl2N3O2S. The fraction of sp³-hybridized carbons (Fsp3) is 0.583. The van der Waals surface area contributed by atoms with Crippen LogP contribution in [0.2, 0.25) is 0 Å². The molecule has 0 radical (unpaired) electrons. The van der Waals surface area contributed by atoms with Gasteiger partial charge in [-0.2, -0.15) is 0 Å². The number of hydrogen-bond donors (Lipinski definition) is 1. The first kappa shape index (κ1) is 29.1. The van der Waals surface area contributed by atoms with Crippen molar-refractivity contribution in [3.05, 3.63) is 42.5 Å². The van der Waals surface area contributed by atoms with Crippen LogP contribution in [-0.2, 0) is 10.0 Å². The van der Waals surface area contributed by atoms with Crippen LogP contribution in [0.3, 0.4) is 0 Å². The van der Waals surface area contributed by atoms with Crippen molar-refractivity contribution in [1.29, 1.82) is 0 Å². The first-order valence-corrected chi connectivity index (χ1v) is 12.8. The van der Waals surface area contributed by atoms with Gasteiger partial charge in [-0.25, -0.2) is 13.1 Å². The second kappa shape index (κ2) is 14.4. The molecule has 0 atom stereocenters. The van der Waals surface area contributed by atoms with Crippen molar-refractivity contribution in [2.45, 2.75) is 55.9 Å². The lowest BCUT2D eigenvalue weighted by Gasteiger charge is -2.32. The lowest BCUT2D eigenvalue weighted by Crippen LogP contribution is -2.38. The molecule has 1 N–H and O–H groups in total. The smallest absolute Gasteiger partial charge is 0.240 e. The third-order valence-electron chi connectivity index (χ3n) is 6.32. The number of unbranched alkanes of at least 4 members (excludes halogenated alkanes) is 1. The molecule has 1 fully saturated rings. The van der Waals surface area contributed by atoms with Gasteiger partial charge in [-0.1, -0.05) is 49.6 Å². The fourth-order valence-electron chi connectivity index (χ4n) is 4.28. The third-order valence-corrected chi connectivity index (χ3v) is 7.78. The quantitative estimate of drug-likeness (QED) is 0.441. The van der Waals surface area contributed by atoms with Crippen LogP contribution in [-0.4, -0.2) is 64.5 Å². The Bertz CT molecular complexity index is 905. The fourth-order valence-corrected chi connectivity index (χ4v) is 5.38. The normalized spacial score (nSPS) is 15.0. The minimum atomic E-state index is -3.46. The van der Waals surface area contributed by atoms with Gasteiger partial charge in [0.1, 0.15) is 0 Å². The average molecular weight is 505 g/mol. The van der Waals surface area contributed by atoms with Crippen molar-refractivity contribution in [3.8, 4) is 0 Å². The van der Waals surface area contributed by atoms with Gasteiger partial charge in [0.05, 0.1) is 4.90 Å². The molecule has 1 aliphatic carbocycles. The highest BCUT2D eigenvalue weighted by molar-refractivity contribution is 7.89. The predicted molar refractivity (Wildman–Crippen MR) is 140 cm³/mol. The van der Waals surface area contributed by atoms with E-state index in [1.165, 1.54) is 32.1 Å². The van der Waals surface area contributed by atoms with Gasteiger partial charge in [0.2, 0.25) is 10.0 Å². The van der Waals surface area contributed by atoms with Crippen molar-refractivity contribution in [2.75, 3.05) is 40.3 Å². The molecule has 0 unspecified atom stereocenters. The van der Waals surface area contributed by atoms with Crippen LogP contribution in [0.15, 0.2) is 47.4 Å². The predicted octanol–water partition coefficient (Wildman–Crippen LogP) is 4.94. The maximum Gasteiger partial charge on any atom is 0.240 e. The van der Waals surface area contributed by atoms with E-state index in [2.05, 4.69) is 28.6 Å². The topological polar surface area (TPSA) is 52.7 Å². The molecule has 0 heterocycles. The molecule has 2 aromatic carbocycles. The molecule has 182 valence electrons. The Balaban J connectivity index is 0.00000256. The summed E-state index contributed by atoms with van der Waals surface area (Å²) < 4.78 is 27.9. The third kappa shape index (κ3) is 8.81. The average Bonchev–Trinajstić information content (AvgIpc) is 2.77. The standard InChI is InChI=1S/C24H37N3O2S.2ClH/c1-26(18-19-27(2)23-12-4-3-5-13-23)17-9-8-16-25-30(28,29)24-15-14-21-10-6-7-11-22(21)20-24;;/h6-7,10-11,14-15,20,23,25H,3-5,8-9,12-13,16-19H2,1-2H3;2*1H. The molecule has 2 aromatic rings. The first-order chi connectivity index (χ1) is 14.5. The molecule has 1 saturated carbocycles. The Morgan fingerprint density at radius 2 is 1.56 bits per heavy atom. The highest BCUT2D eigenvalue weighted by Gasteiger charge is 2.18. The summed E-state index contributed by atoms with van der Waals surface area (Å²) in [6, 6.07) is 13.9. The van der Waals surface area contributed by atoms with E-state index in [0.717, 1.165) is 49.3 Å². The molecule has 0 saturated heterocycles. The zero-order chi connectivity index (χ0) is 21.4. The Labute approximate surface area is 206 Å². The summed E-state index contributed by atoms with van der Waals surface area (Å²) in [6.07, 6.45) is 8.67. The highest BCUT2D eigenvalue weighted by Crippen LogP contribution is 2.21. The molecule has 8 heteroatoms. The Morgan fingerprint density at radius 3 is 2.28 bits per heavy atom. The van der Waals surface area contributed by atoms with Gasteiger partial charge in [0.25, 0.3) is 0 Å². The van der Waals surface area contributed by atoms with E-state index in [9.17, 15) is 8.42 Å². The van der Waals surface area contributed by atoms with Crippen molar-refractivity contribution in [3.63, 3.8) is 0 Å². The number of likely N-dealkylation sites (N-methyl/N-ethyl adjacent to an activating group) is 2. The molecule has 0 bridgehead atoms. The molecule has 0 aromatic heterocycles. The largest absolute Gasteiger partial charge is 0.305 e. The summed E-state index contributed by atoms with van der Waals surface area (Å²) in [6.45, 7) is 3.65. The van der Waals surface area contributed by atoms with Crippen LogP contribution in [0.25, 0.3) is 10.8 Å². The van der Waals surface area contributed by atoms with Gasteiger partial charge in [-0.05, 0) is 69.2 Å². The Kier molecular flexibility index (Phi) is 13.1. The lowest BCUT2D eigenvalue weighted by atomic mass is 9.94. The number of benzene rings is 2. The van der Waals surface area contributed by atoms with Crippen LogP contribution in [0, 0.1) is 0 Å². The van der Waals surface area contributed by atoms with E-state index in [1.807, 2.05) is 30.3 Å². The Morgan fingerprint density at radius 1 is 0.875 bits per heavy atom. The first-order valence-electron chi connectivity index (χ1n) is 11.3. The second-order valence-corrected chi connectivity index (χ2v) is 10.5. The van der Waals surface area contributed by atoms with E-state index in [0.29, 0.717) is 11.4 Å². The van der Waals surface area contributed by atoms with Crippen LogP contribution in [0.1, 0.15) is 44.9 Å². The molecule has 0 aliphatic heterocycles. The van der Waals surface area contributed by atoms with Crippen molar-refractivity contribution < 1.29 is 8.42 Å². The van der Waals surface area contributed by atoms with Crippen molar-refractivity contribution >= 4 is 45.6 Å². The van der Waals surface area contributed by atoms with Gasteiger partial charge < -0.3 is 9.80 Å². The summed E-state index contributed by atoms with van der Waals surface area (Å²) in [5.74, 6) is 0. The number of sulfonamides is 1. The van der Waals surface area contributed by atoms with Gasteiger partial charge in [0.15, 0.2) is 0 Å². The number of fused-ring (bicyclic) bond motifs is 1. The summed E-state index contributed by atoms with van der Waals surface area (Å²) in [4.78, 5) is 5.22. The number of hydrogen-bond acceptors (Lipinski definition) is 4. The SMILES string of the molecule is CN(CCCCNS(=O)(=O)c1ccc2ccccc2c1)CCN(C)C1CCCCC1.Cl.Cl.